The minimum atomic E-state index is 0.548. The quantitative estimate of drug-likeness (QED) is 0.624. The molecule has 0 atom stereocenters. The van der Waals surface area contributed by atoms with Gasteiger partial charge in [-0.25, -0.2) is 4.98 Å². The van der Waals surface area contributed by atoms with E-state index in [9.17, 15) is 0 Å². The fourth-order valence-electron chi connectivity index (χ4n) is 2.61. The van der Waals surface area contributed by atoms with Crippen LogP contribution >= 0.6 is 11.6 Å². The minimum absolute atomic E-state index is 0.548. The number of halogens is 1. The zero-order chi connectivity index (χ0) is 18.4. The molecule has 0 spiro atoms. The smallest absolute Gasteiger partial charge is 0.229 e. The number of nitrogens with one attached hydrogen (secondary N) is 2. The second kappa shape index (κ2) is 8.54. The van der Waals surface area contributed by atoms with Crippen molar-refractivity contribution in [1.29, 1.82) is 0 Å². The Labute approximate surface area is 158 Å². The number of hydrogen-bond donors (Lipinski definition) is 2. The van der Waals surface area contributed by atoms with Crippen molar-refractivity contribution in [3.63, 3.8) is 0 Å². The third-order valence-corrected chi connectivity index (χ3v) is 4.10. The molecule has 5 nitrogen and oxygen atoms in total. The zero-order valence-corrected chi connectivity index (χ0v) is 15.5. The maximum absolute atomic E-state index is 5.92. The standard InChI is InChI=1S/C20H21ClN4O/c1-14-13-19(22-12-11-15-5-3-4-6-18(15)26-2)25-20(23-14)24-17-9-7-16(21)8-10-17/h3-10,13H,11-12H2,1-2H3,(H2,22,23,24,25). The molecule has 134 valence electrons. The largest absolute Gasteiger partial charge is 0.496 e. The second-order valence-electron chi connectivity index (χ2n) is 5.84. The van der Waals surface area contributed by atoms with Gasteiger partial charge in [-0.1, -0.05) is 29.8 Å². The lowest BCUT2D eigenvalue weighted by molar-refractivity contribution is 0.410. The number of hydrogen-bond acceptors (Lipinski definition) is 5. The lowest BCUT2D eigenvalue weighted by Crippen LogP contribution is -2.09. The first-order valence-corrected chi connectivity index (χ1v) is 8.76. The van der Waals surface area contributed by atoms with Crippen LogP contribution in [0.2, 0.25) is 5.02 Å². The van der Waals surface area contributed by atoms with E-state index in [0.29, 0.717) is 11.0 Å². The summed E-state index contributed by atoms with van der Waals surface area (Å²) in [5, 5.41) is 7.24. The third-order valence-electron chi connectivity index (χ3n) is 3.85. The Balaban J connectivity index is 1.65. The second-order valence-corrected chi connectivity index (χ2v) is 6.28. The van der Waals surface area contributed by atoms with E-state index in [1.807, 2.05) is 55.5 Å². The van der Waals surface area contributed by atoms with E-state index in [0.717, 1.165) is 41.5 Å². The van der Waals surface area contributed by atoms with Gasteiger partial charge in [-0.15, -0.1) is 0 Å². The number of ether oxygens (including phenoxy) is 1. The fourth-order valence-corrected chi connectivity index (χ4v) is 2.74. The van der Waals surface area contributed by atoms with E-state index in [1.54, 1.807) is 7.11 Å². The Morgan fingerprint density at radius 3 is 2.58 bits per heavy atom. The van der Waals surface area contributed by atoms with Gasteiger partial charge in [0.05, 0.1) is 7.11 Å². The van der Waals surface area contributed by atoms with Crippen LogP contribution in [0.5, 0.6) is 5.75 Å². The number of aryl methyl sites for hydroxylation is 1. The predicted molar refractivity (Wildman–Crippen MR) is 107 cm³/mol. The van der Waals surface area contributed by atoms with Crippen molar-refractivity contribution in [2.24, 2.45) is 0 Å². The van der Waals surface area contributed by atoms with Gasteiger partial charge >= 0.3 is 0 Å². The summed E-state index contributed by atoms with van der Waals surface area (Å²) < 4.78 is 5.39. The van der Waals surface area contributed by atoms with Gasteiger partial charge in [-0.05, 0) is 49.2 Å². The molecule has 2 N–H and O–H groups in total. The van der Waals surface area contributed by atoms with Crippen molar-refractivity contribution in [2.45, 2.75) is 13.3 Å². The van der Waals surface area contributed by atoms with Crippen LogP contribution in [0.3, 0.4) is 0 Å². The maximum Gasteiger partial charge on any atom is 0.229 e. The van der Waals surface area contributed by atoms with Gasteiger partial charge in [-0.3, -0.25) is 0 Å². The van der Waals surface area contributed by atoms with Crippen molar-refractivity contribution < 1.29 is 4.74 Å². The topological polar surface area (TPSA) is 59.1 Å². The van der Waals surface area contributed by atoms with E-state index >= 15 is 0 Å². The molecule has 0 saturated carbocycles. The first kappa shape index (κ1) is 18.0. The first-order chi connectivity index (χ1) is 12.6. The highest BCUT2D eigenvalue weighted by Crippen LogP contribution is 2.20. The van der Waals surface area contributed by atoms with Crippen LogP contribution in [0.25, 0.3) is 0 Å². The number of methoxy groups -OCH3 is 1. The summed E-state index contributed by atoms with van der Waals surface area (Å²) >= 11 is 5.92. The van der Waals surface area contributed by atoms with E-state index < -0.39 is 0 Å². The Hall–Kier alpha value is -2.79. The molecule has 26 heavy (non-hydrogen) atoms. The Morgan fingerprint density at radius 1 is 1.04 bits per heavy atom. The van der Waals surface area contributed by atoms with Gasteiger partial charge in [0, 0.05) is 29.0 Å². The van der Waals surface area contributed by atoms with Crippen LogP contribution < -0.4 is 15.4 Å². The molecular formula is C20H21ClN4O. The van der Waals surface area contributed by atoms with E-state index in [4.69, 9.17) is 16.3 Å². The molecule has 0 fully saturated rings. The summed E-state index contributed by atoms with van der Waals surface area (Å²) in [5.74, 6) is 2.23. The molecule has 2 aromatic carbocycles. The molecule has 3 aromatic rings. The van der Waals surface area contributed by atoms with E-state index in [1.165, 1.54) is 0 Å². The highest BCUT2D eigenvalue weighted by molar-refractivity contribution is 6.30. The molecule has 0 aliphatic heterocycles. The van der Waals surface area contributed by atoms with Crippen molar-refractivity contribution >= 4 is 29.1 Å². The van der Waals surface area contributed by atoms with Gasteiger partial charge in [0.1, 0.15) is 11.6 Å². The average molecular weight is 369 g/mol. The fraction of sp³-hybridized carbons (Fsp3) is 0.200. The molecule has 0 amide bonds. The summed E-state index contributed by atoms with van der Waals surface area (Å²) in [7, 11) is 1.69. The lowest BCUT2D eigenvalue weighted by atomic mass is 10.1. The summed E-state index contributed by atoms with van der Waals surface area (Å²) in [6.45, 7) is 2.69. The molecule has 1 heterocycles. The van der Waals surface area contributed by atoms with E-state index in [2.05, 4.69) is 26.7 Å². The molecule has 0 saturated heterocycles. The number of aromatic nitrogens is 2. The van der Waals surface area contributed by atoms with Gasteiger partial charge < -0.3 is 15.4 Å². The molecule has 3 rings (SSSR count). The summed E-state index contributed by atoms with van der Waals surface area (Å²) in [5.41, 5.74) is 2.93. The zero-order valence-electron chi connectivity index (χ0n) is 14.8. The molecular weight excluding hydrogens is 348 g/mol. The van der Waals surface area contributed by atoms with Crippen LogP contribution in [0.15, 0.2) is 54.6 Å². The minimum Gasteiger partial charge on any atom is -0.496 e. The Bertz CT molecular complexity index is 868. The van der Waals surface area contributed by atoms with Gasteiger partial charge in [0.2, 0.25) is 5.95 Å². The molecule has 0 unspecified atom stereocenters. The van der Waals surface area contributed by atoms with Crippen molar-refractivity contribution in [2.75, 3.05) is 24.3 Å². The maximum atomic E-state index is 5.92. The molecule has 0 radical (unpaired) electrons. The summed E-state index contributed by atoms with van der Waals surface area (Å²) in [6.07, 6.45) is 0.840. The van der Waals surface area contributed by atoms with Crippen LogP contribution in [0.4, 0.5) is 17.5 Å². The SMILES string of the molecule is COc1ccccc1CCNc1cc(C)nc(Nc2ccc(Cl)cc2)n1. The molecule has 0 aliphatic carbocycles. The molecule has 6 heteroatoms. The number of benzene rings is 2. The van der Waals surface area contributed by atoms with Gasteiger partial charge in [-0.2, -0.15) is 4.98 Å². The van der Waals surface area contributed by atoms with Gasteiger partial charge in [0.15, 0.2) is 0 Å². The highest BCUT2D eigenvalue weighted by Gasteiger charge is 2.05. The van der Waals surface area contributed by atoms with Crippen LogP contribution in [-0.2, 0) is 6.42 Å². The molecule has 0 bridgehead atoms. The van der Waals surface area contributed by atoms with Crippen molar-refractivity contribution in [3.8, 4) is 5.75 Å². The van der Waals surface area contributed by atoms with Crippen LogP contribution in [0.1, 0.15) is 11.3 Å². The van der Waals surface area contributed by atoms with Crippen molar-refractivity contribution in [1.82, 2.24) is 9.97 Å². The van der Waals surface area contributed by atoms with Crippen molar-refractivity contribution in [3.05, 3.63) is 70.9 Å². The van der Waals surface area contributed by atoms with Gasteiger partial charge in [0.25, 0.3) is 0 Å². The number of nitrogens with zero attached hydrogens (tertiary/aromatic N) is 2. The predicted octanol–water partition coefficient (Wildman–Crippen LogP) is 4.85. The first-order valence-electron chi connectivity index (χ1n) is 8.38. The average Bonchev–Trinajstić information content (AvgIpc) is 2.64. The Morgan fingerprint density at radius 2 is 1.81 bits per heavy atom. The highest BCUT2D eigenvalue weighted by atomic mass is 35.5. The normalized spacial score (nSPS) is 10.4. The summed E-state index contributed by atoms with van der Waals surface area (Å²) in [6, 6.07) is 17.4. The van der Waals surface area contributed by atoms with E-state index in [-0.39, 0.29) is 0 Å². The summed E-state index contributed by atoms with van der Waals surface area (Å²) in [4.78, 5) is 8.96. The monoisotopic (exact) mass is 368 g/mol. The van der Waals surface area contributed by atoms with Crippen LogP contribution in [0, 0.1) is 6.92 Å². The molecule has 1 aromatic heterocycles. The molecule has 0 aliphatic rings. The number of para-hydroxylation sites is 1. The van der Waals surface area contributed by atoms with Crippen LogP contribution in [-0.4, -0.2) is 23.6 Å². The third kappa shape index (κ3) is 4.86. The Kier molecular flexibility index (Phi) is 5.92. The number of rotatable bonds is 7. The number of anilines is 3. The lowest BCUT2D eigenvalue weighted by Gasteiger charge is -2.11.